The van der Waals surface area contributed by atoms with Crippen LogP contribution in [0.2, 0.25) is 0 Å². The third kappa shape index (κ3) is 9.15. The molecule has 0 aromatic rings. The first-order chi connectivity index (χ1) is 10.8. The Balaban J connectivity index is 0.000000220. The molecule has 0 saturated heterocycles. The zero-order valence-electron chi connectivity index (χ0n) is 14.9. The van der Waals surface area contributed by atoms with Crippen LogP contribution in [0.5, 0.6) is 0 Å². The summed E-state index contributed by atoms with van der Waals surface area (Å²) in [5.74, 6) is 1.62. The van der Waals surface area contributed by atoms with Gasteiger partial charge in [-0.3, -0.25) is 0 Å². The van der Waals surface area contributed by atoms with Crippen molar-refractivity contribution in [1.29, 1.82) is 0 Å². The van der Waals surface area contributed by atoms with Crippen LogP contribution in [0.4, 0.5) is 0 Å². The van der Waals surface area contributed by atoms with Gasteiger partial charge in [0, 0.05) is 6.61 Å². The Bertz CT molecular complexity index is 230. The first-order valence-electron chi connectivity index (χ1n) is 10.1. The molecule has 0 radical (unpaired) electrons. The molecule has 0 bridgehead atoms. The average Bonchev–Trinajstić information content (AvgIpc) is 2.58. The lowest BCUT2D eigenvalue weighted by molar-refractivity contribution is 0.0766. The molecule has 2 N–H and O–H groups in total. The lowest BCUT2D eigenvalue weighted by atomic mass is 9.84. The number of aliphatic hydroxyl groups excluding tert-OH is 2. The summed E-state index contributed by atoms with van der Waals surface area (Å²) in [6.07, 6.45) is 19.6. The highest BCUT2D eigenvalue weighted by Crippen LogP contribution is 2.28. The van der Waals surface area contributed by atoms with E-state index in [4.69, 9.17) is 5.11 Å². The van der Waals surface area contributed by atoms with Crippen LogP contribution in [0.15, 0.2) is 0 Å². The van der Waals surface area contributed by atoms with Crippen LogP contribution in [-0.4, -0.2) is 22.9 Å². The first kappa shape index (κ1) is 20.0. The highest BCUT2D eigenvalue weighted by molar-refractivity contribution is 4.72. The van der Waals surface area contributed by atoms with Gasteiger partial charge in [0.05, 0.1) is 6.10 Å². The summed E-state index contributed by atoms with van der Waals surface area (Å²) in [6.45, 7) is 2.53. The molecular weight excluding hydrogens is 272 g/mol. The average molecular weight is 313 g/mol. The minimum atomic E-state index is 0.000278. The molecule has 0 aliphatic heterocycles. The maximum Gasteiger partial charge on any atom is 0.0568 e. The van der Waals surface area contributed by atoms with Crippen LogP contribution in [0, 0.1) is 11.8 Å². The summed E-state index contributed by atoms with van der Waals surface area (Å²) < 4.78 is 0. The largest absolute Gasteiger partial charge is 0.396 e. The van der Waals surface area contributed by atoms with Crippen molar-refractivity contribution in [3.05, 3.63) is 0 Å². The van der Waals surface area contributed by atoms with E-state index in [1.165, 1.54) is 77.0 Å². The molecule has 2 aliphatic rings. The van der Waals surface area contributed by atoms with Crippen molar-refractivity contribution in [2.75, 3.05) is 6.61 Å². The van der Waals surface area contributed by atoms with E-state index in [0.717, 1.165) is 25.2 Å². The summed E-state index contributed by atoms with van der Waals surface area (Å²) in [5.41, 5.74) is 0. The molecular formula is C20H40O2. The van der Waals surface area contributed by atoms with E-state index in [1.54, 1.807) is 0 Å². The fourth-order valence-corrected chi connectivity index (χ4v) is 4.07. The number of aliphatic hydroxyl groups is 2. The number of unbranched alkanes of at least 4 members (excludes halogenated alkanes) is 1. The van der Waals surface area contributed by atoms with E-state index < -0.39 is 0 Å². The Morgan fingerprint density at radius 1 is 0.864 bits per heavy atom. The summed E-state index contributed by atoms with van der Waals surface area (Å²) in [6, 6.07) is 0. The summed E-state index contributed by atoms with van der Waals surface area (Å²) in [4.78, 5) is 0. The number of hydrogen-bond donors (Lipinski definition) is 2. The second kappa shape index (κ2) is 13.4. The van der Waals surface area contributed by atoms with Crippen LogP contribution in [0.1, 0.15) is 103 Å². The van der Waals surface area contributed by atoms with Gasteiger partial charge < -0.3 is 10.2 Å². The second-order valence-corrected chi connectivity index (χ2v) is 7.48. The zero-order chi connectivity index (χ0) is 16.0. The van der Waals surface area contributed by atoms with Gasteiger partial charge in [0.2, 0.25) is 0 Å². The summed E-state index contributed by atoms with van der Waals surface area (Å²) in [7, 11) is 0. The molecule has 2 rings (SSSR count). The van der Waals surface area contributed by atoms with Crippen LogP contribution in [-0.2, 0) is 0 Å². The normalized spacial score (nSPS) is 22.0. The maximum absolute atomic E-state index is 9.67. The van der Waals surface area contributed by atoms with E-state index in [2.05, 4.69) is 6.92 Å². The smallest absolute Gasteiger partial charge is 0.0568 e. The van der Waals surface area contributed by atoms with Gasteiger partial charge in [-0.15, -0.1) is 0 Å². The van der Waals surface area contributed by atoms with Crippen LogP contribution in [0.25, 0.3) is 0 Å². The third-order valence-electron chi connectivity index (χ3n) is 5.52. The molecule has 0 heterocycles. The van der Waals surface area contributed by atoms with Crippen molar-refractivity contribution in [2.24, 2.45) is 11.8 Å². The van der Waals surface area contributed by atoms with Crippen LogP contribution >= 0.6 is 0 Å². The van der Waals surface area contributed by atoms with Crippen LogP contribution < -0.4 is 0 Å². The van der Waals surface area contributed by atoms with E-state index in [1.807, 2.05) is 0 Å². The molecule has 2 nitrogen and oxygen atoms in total. The van der Waals surface area contributed by atoms with Gasteiger partial charge in [-0.25, -0.2) is 0 Å². The van der Waals surface area contributed by atoms with Crippen molar-refractivity contribution >= 4 is 0 Å². The zero-order valence-corrected chi connectivity index (χ0v) is 14.9. The molecule has 22 heavy (non-hydrogen) atoms. The second-order valence-electron chi connectivity index (χ2n) is 7.48. The fourth-order valence-electron chi connectivity index (χ4n) is 4.07. The monoisotopic (exact) mass is 312 g/mol. The lowest BCUT2D eigenvalue weighted by Gasteiger charge is -2.26. The van der Waals surface area contributed by atoms with Gasteiger partial charge in [0.15, 0.2) is 0 Å². The Hall–Kier alpha value is -0.0800. The summed E-state index contributed by atoms with van der Waals surface area (Å²) in [5, 5.41) is 18.3. The minimum Gasteiger partial charge on any atom is -0.396 e. The Morgan fingerprint density at radius 3 is 2.00 bits per heavy atom. The number of hydrogen-bond acceptors (Lipinski definition) is 2. The SMILES string of the molecule is CCCC(O)C1CCCCC1.OCCCCC1CCCCC1. The van der Waals surface area contributed by atoms with Gasteiger partial charge >= 0.3 is 0 Å². The van der Waals surface area contributed by atoms with Crippen molar-refractivity contribution < 1.29 is 10.2 Å². The number of rotatable bonds is 7. The van der Waals surface area contributed by atoms with Crippen molar-refractivity contribution in [1.82, 2.24) is 0 Å². The summed E-state index contributed by atoms with van der Waals surface area (Å²) >= 11 is 0. The molecule has 2 aliphatic carbocycles. The maximum atomic E-state index is 9.67. The molecule has 0 aromatic carbocycles. The molecule has 2 fully saturated rings. The standard InChI is InChI=1S/2C10H20O/c1-2-6-10(11)9-7-4-3-5-8-9;11-9-5-4-8-10-6-2-1-3-7-10/h9-11H,2-8H2,1H3;10-11H,1-9H2. The molecule has 1 atom stereocenters. The highest BCUT2D eigenvalue weighted by Gasteiger charge is 2.20. The van der Waals surface area contributed by atoms with Crippen molar-refractivity contribution in [3.63, 3.8) is 0 Å². The van der Waals surface area contributed by atoms with Crippen LogP contribution in [0.3, 0.4) is 0 Å². The van der Waals surface area contributed by atoms with Gasteiger partial charge in [-0.1, -0.05) is 77.6 Å². The van der Waals surface area contributed by atoms with Gasteiger partial charge in [0.1, 0.15) is 0 Å². The van der Waals surface area contributed by atoms with Crippen molar-refractivity contribution in [2.45, 2.75) is 109 Å². The van der Waals surface area contributed by atoms with Gasteiger partial charge in [0.25, 0.3) is 0 Å². The predicted octanol–water partition coefficient (Wildman–Crippen LogP) is 5.46. The molecule has 132 valence electrons. The predicted molar refractivity (Wildman–Crippen MR) is 95.0 cm³/mol. The molecule has 2 saturated carbocycles. The fraction of sp³-hybridized carbons (Fsp3) is 1.00. The Morgan fingerprint density at radius 2 is 1.45 bits per heavy atom. The van der Waals surface area contributed by atoms with E-state index in [-0.39, 0.29) is 6.10 Å². The van der Waals surface area contributed by atoms with E-state index >= 15 is 0 Å². The van der Waals surface area contributed by atoms with E-state index in [9.17, 15) is 5.11 Å². The Labute approximate surface area is 138 Å². The minimum absolute atomic E-state index is 0.000278. The molecule has 0 spiro atoms. The topological polar surface area (TPSA) is 40.5 Å². The quantitative estimate of drug-likeness (QED) is 0.613. The van der Waals surface area contributed by atoms with E-state index in [0.29, 0.717) is 12.5 Å². The lowest BCUT2D eigenvalue weighted by Crippen LogP contribution is -2.22. The molecule has 2 heteroatoms. The first-order valence-corrected chi connectivity index (χ1v) is 10.1. The van der Waals surface area contributed by atoms with Gasteiger partial charge in [-0.2, -0.15) is 0 Å². The molecule has 0 amide bonds. The molecule has 0 aromatic heterocycles. The van der Waals surface area contributed by atoms with Gasteiger partial charge in [-0.05, 0) is 37.5 Å². The third-order valence-corrected chi connectivity index (χ3v) is 5.52. The molecule has 1 unspecified atom stereocenters. The van der Waals surface area contributed by atoms with Crippen molar-refractivity contribution in [3.8, 4) is 0 Å². The highest BCUT2D eigenvalue weighted by atomic mass is 16.3. The Kier molecular flexibility index (Phi) is 12.1.